The Balaban J connectivity index is 2.69. The van der Waals surface area contributed by atoms with E-state index >= 15 is 0 Å². The van der Waals surface area contributed by atoms with E-state index < -0.39 is 0 Å². The quantitative estimate of drug-likeness (QED) is 0.764. The van der Waals surface area contributed by atoms with E-state index in [2.05, 4.69) is 26.1 Å². The van der Waals surface area contributed by atoms with Gasteiger partial charge in [-0.2, -0.15) is 5.10 Å². The molecular weight excluding hydrogens is 260 g/mol. The van der Waals surface area contributed by atoms with E-state index in [1.54, 1.807) is 6.07 Å². The second kappa shape index (κ2) is 3.54. The van der Waals surface area contributed by atoms with Crippen molar-refractivity contribution in [3.05, 3.63) is 39.0 Å². The van der Waals surface area contributed by atoms with Gasteiger partial charge in [0.25, 0.3) is 0 Å². The Morgan fingerprint density at radius 1 is 1.53 bits per heavy atom. The van der Waals surface area contributed by atoms with E-state index in [-0.39, 0.29) is 5.69 Å². The summed E-state index contributed by atoms with van der Waals surface area (Å²) in [5, 5.41) is 5.98. The molecule has 0 aliphatic carbocycles. The number of halogens is 1. The van der Waals surface area contributed by atoms with Gasteiger partial charge >= 0.3 is 5.69 Å². The third-order valence-electron chi connectivity index (χ3n) is 2.15. The molecular formula is C9H9BrN4O. The first-order chi connectivity index (χ1) is 7.09. The van der Waals surface area contributed by atoms with Crippen LogP contribution in [0.4, 0.5) is 5.69 Å². The van der Waals surface area contributed by atoms with Crippen LogP contribution in [-0.2, 0) is 0 Å². The second-order valence-electron chi connectivity index (χ2n) is 3.19. The molecule has 2 aromatic rings. The van der Waals surface area contributed by atoms with Crippen LogP contribution in [0, 0.1) is 6.92 Å². The summed E-state index contributed by atoms with van der Waals surface area (Å²) in [5.74, 6) is 0. The van der Waals surface area contributed by atoms with Crippen LogP contribution in [0.3, 0.4) is 0 Å². The van der Waals surface area contributed by atoms with Crippen LogP contribution in [0.2, 0.25) is 0 Å². The number of nitrogen functional groups attached to an aromatic ring is 1. The van der Waals surface area contributed by atoms with Crippen molar-refractivity contribution in [2.24, 2.45) is 0 Å². The molecule has 0 bridgehead atoms. The molecule has 1 aromatic carbocycles. The smallest absolute Gasteiger partial charge is 0.347 e. The fraction of sp³-hybridized carbons (Fsp3) is 0.111. The SMILES string of the molecule is Cc1cc(Br)c(-n2cn[nH]c2=O)cc1N. The number of anilines is 1. The lowest BCUT2D eigenvalue weighted by atomic mass is 10.2. The van der Waals surface area contributed by atoms with Crippen molar-refractivity contribution in [3.63, 3.8) is 0 Å². The van der Waals surface area contributed by atoms with E-state index in [1.807, 2.05) is 13.0 Å². The van der Waals surface area contributed by atoms with Crippen LogP contribution in [0.25, 0.3) is 5.69 Å². The fourth-order valence-corrected chi connectivity index (χ4v) is 1.93. The number of nitrogens with one attached hydrogen (secondary N) is 1. The molecule has 0 aliphatic heterocycles. The maximum absolute atomic E-state index is 11.4. The lowest BCUT2D eigenvalue weighted by Gasteiger charge is -2.07. The summed E-state index contributed by atoms with van der Waals surface area (Å²) < 4.78 is 2.19. The van der Waals surface area contributed by atoms with E-state index in [0.29, 0.717) is 11.4 Å². The first-order valence-corrected chi connectivity index (χ1v) is 5.07. The third kappa shape index (κ3) is 1.68. The standard InChI is InChI=1S/C9H9BrN4O/c1-5-2-6(10)8(3-7(5)11)14-4-12-13-9(14)15/h2-4H,11H2,1H3,(H,13,15). The molecule has 1 heterocycles. The maximum Gasteiger partial charge on any atom is 0.347 e. The average Bonchev–Trinajstić information content (AvgIpc) is 2.58. The number of benzene rings is 1. The predicted octanol–water partition coefficient (Wildman–Crippen LogP) is 1.21. The molecule has 6 heteroatoms. The summed E-state index contributed by atoms with van der Waals surface area (Å²) in [6.07, 6.45) is 1.41. The zero-order valence-corrected chi connectivity index (χ0v) is 9.58. The molecule has 0 fully saturated rings. The number of aromatic amines is 1. The highest BCUT2D eigenvalue weighted by molar-refractivity contribution is 9.10. The van der Waals surface area contributed by atoms with Gasteiger partial charge in [-0.15, -0.1) is 0 Å². The molecule has 2 rings (SSSR count). The van der Waals surface area contributed by atoms with Crippen molar-refractivity contribution >= 4 is 21.6 Å². The molecule has 5 nitrogen and oxygen atoms in total. The largest absolute Gasteiger partial charge is 0.398 e. The van der Waals surface area contributed by atoms with Crippen molar-refractivity contribution in [2.45, 2.75) is 6.92 Å². The maximum atomic E-state index is 11.4. The first-order valence-electron chi connectivity index (χ1n) is 4.27. The van der Waals surface area contributed by atoms with Crippen LogP contribution in [0.15, 0.2) is 27.7 Å². The molecule has 3 N–H and O–H groups in total. The minimum Gasteiger partial charge on any atom is -0.398 e. The molecule has 0 amide bonds. The lowest BCUT2D eigenvalue weighted by molar-refractivity contribution is 0.977. The van der Waals surface area contributed by atoms with Gasteiger partial charge in [0.1, 0.15) is 6.33 Å². The summed E-state index contributed by atoms with van der Waals surface area (Å²) in [6, 6.07) is 3.60. The van der Waals surface area contributed by atoms with Gasteiger partial charge in [-0.3, -0.25) is 0 Å². The number of hydrogen-bond donors (Lipinski definition) is 2. The normalized spacial score (nSPS) is 10.5. The number of nitrogens with zero attached hydrogens (tertiary/aromatic N) is 2. The lowest BCUT2D eigenvalue weighted by Crippen LogP contribution is -2.15. The van der Waals surface area contributed by atoms with Crippen LogP contribution in [-0.4, -0.2) is 14.8 Å². The summed E-state index contributed by atoms with van der Waals surface area (Å²) in [6.45, 7) is 1.90. The molecule has 0 spiro atoms. The zero-order chi connectivity index (χ0) is 11.0. The Labute approximate surface area is 94.0 Å². The first kappa shape index (κ1) is 9.97. The highest BCUT2D eigenvalue weighted by atomic mass is 79.9. The van der Waals surface area contributed by atoms with Gasteiger partial charge in [0, 0.05) is 10.2 Å². The van der Waals surface area contributed by atoms with E-state index in [0.717, 1.165) is 10.0 Å². The minimum absolute atomic E-state index is 0.293. The van der Waals surface area contributed by atoms with Crippen LogP contribution in [0.1, 0.15) is 5.56 Å². The van der Waals surface area contributed by atoms with Gasteiger partial charge in [-0.25, -0.2) is 14.5 Å². The van der Waals surface area contributed by atoms with Gasteiger partial charge in [-0.1, -0.05) is 0 Å². The number of nitrogens with two attached hydrogens (primary N) is 1. The zero-order valence-electron chi connectivity index (χ0n) is 7.99. The summed E-state index contributed by atoms with van der Waals surface area (Å²) in [7, 11) is 0. The molecule has 15 heavy (non-hydrogen) atoms. The highest BCUT2D eigenvalue weighted by Gasteiger charge is 2.07. The average molecular weight is 269 g/mol. The van der Waals surface area contributed by atoms with Gasteiger partial charge in [0.2, 0.25) is 0 Å². The number of rotatable bonds is 1. The van der Waals surface area contributed by atoms with E-state index in [9.17, 15) is 4.79 Å². The topological polar surface area (TPSA) is 76.7 Å². The molecule has 0 unspecified atom stereocenters. The van der Waals surface area contributed by atoms with Crippen molar-refractivity contribution in [1.82, 2.24) is 14.8 Å². The Kier molecular flexibility index (Phi) is 2.36. The van der Waals surface area contributed by atoms with Gasteiger partial charge < -0.3 is 5.73 Å². The molecule has 78 valence electrons. The van der Waals surface area contributed by atoms with Crippen LogP contribution >= 0.6 is 15.9 Å². The third-order valence-corrected chi connectivity index (χ3v) is 2.78. The molecule has 0 radical (unpaired) electrons. The predicted molar refractivity (Wildman–Crippen MR) is 61.0 cm³/mol. The summed E-state index contributed by atoms with van der Waals surface area (Å²) >= 11 is 3.38. The Morgan fingerprint density at radius 2 is 2.27 bits per heavy atom. The van der Waals surface area contributed by atoms with Crippen LogP contribution < -0.4 is 11.4 Å². The number of aromatic nitrogens is 3. The van der Waals surface area contributed by atoms with E-state index in [1.165, 1.54) is 10.9 Å². The van der Waals surface area contributed by atoms with Gasteiger partial charge in [0.15, 0.2) is 0 Å². The highest BCUT2D eigenvalue weighted by Crippen LogP contribution is 2.25. The van der Waals surface area contributed by atoms with Gasteiger partial charge in [0.05, 0.1) is 5.69 Å². The van der Waals surface area contributed by atoms with Crippen LogP contribution in [0.5, 0.6) is 0 Å². The Bertz CT molecular complexity index is 557. The second-order valence-corrected chi connectivity index (χ2v) is 4.05. The molecule has 0 aliphatic rings. The van der Waals surface area contributed by atoms with Crippen molar-refractivity contribution in [1.29, 1.82) is 0 Å². The number of hydrogen-bond acceptors (Lipinski definition) is 3. The molecule has 0 atom stereocenters. The summed E-state index contributed by atoms with van der Waals surface area (Å²) in [5.41, 5.74) is 7.76. The molecule has 0 saturated heterocycles. The Morgan fingerprint density at radius 3 is 2.87 bits per heavy atom. The minimum atomic E-state index is -0.293. The number of H-pyrrole nitrogens is 1. The van der Waals surface area contributed by atoms with Gasteiger partial charge in [-0.05, 0) is 40.5 Å². The summed E-state index contributed by atoms with van der Waals surface area (Å²) in [4.78, 5) is 11.4. The fourth-order valence-electron chi connectivity index (χ4n) is 1.28. The van der Waals surface area contributed by atoms with Crippen molar-refractivity contribution < 1.29 is 0 Å². The van der Waals surface area contributed by atoms with E-state index in [4.69, 9.17) is 5.73 Å². The van der Waals surface area contributed by atoms with Crippen molar-refractivity contribution in [2.75, 3.05) is 5.73 Å². The monoisotopic (exact) mass is 268 g/mol. The van der Waals surface area contributed by atoms with Crippen molar-refractivity contribution in [3.8, 4) is 5.69 Å². The molecule has 0 saturated carbocycles. The molecule has 1 aromatic heterocycles. The number of aryl methyl sites for hydroxylation is 1. The Hall–Kier alpha value is -1.56.